The van der Waals surface area contributed by atoms with E-state index in [9.17, 15) is 0 Å². The number of benzene rings is 2. The first-order chi connectivity index (χ1) is 9.60. The first-order valence-corrected chi connectivity index (χ1v) is 7.00. The minimum Gasteiger partial charge on any atom is -0.253 e. The fourth-order valence-electron chi connectivity index (χ4n) is 2.07. The Kier molecular flexibility index (Phi) is 4.52. The van der Waals surface area contributed by atoms with Crippen LogP contribution in [-0.4, -0.2) is 5.71 Å². The van der Waals surface area contributed by atoms with Crippen LogP contribution in [0.3, 0.4) is 0 Å². The molecular weight excluding hydrogens is 242 g/mol. The van der Waals surface area contributed by atoms with Crippen LogP contribution >= 0.6 is 0 Å². The van der Waals surface area contributed by atoms with Gasteiger partial charge in [0, 0.05) is 5.71 Å². The van der Waals surface area contributed by atoms with E-state index in [4.69, 9.17) is 4.99 Å². The summed E-state index contributed by atoms with van der Waals surface area (Å²) in [4.78, 5) is 4.72. The molecule has 1 heteroatoms. The van der Waals surface area contributed by atoms with Crippen molar-refractivity contribution in [3.63, 3.8) is 0 Å². The summed E-state index contributed by atoms with van der Waals surface area (Å²) in [6, 6.07) is 16.8. The van der Waals surface area contributed by atoms with Gasteiger partial charge in [0.25, 0.3) is 0 Å². The SMILES string of the molecule is C=C(N=C(CC)c1ccc(C)cc1)c1ccc(C)cc1. The van der Waals surface area contributed by atoms with Crippen molar-refractivity contribution in [3.8, 4) is 0 Å². The summed E-state index contributed by atoms with van der Waals surface area (Å²) in [5, 5.41) is 0. The van der Waals surface area contributed by atoms with Gasteiger partial charge in [-0.25, -0.2) is 0 Å². The number of nitrogens with zero attached hydrogens (tertiary/aromatic N) is 1. The van der Waals surface area contributed by atoms with Crippen molar-refractivity contribution >= 4 is 11.4 Å². The van der Waals surface area contributed by atoms with Gasteiger partial charge in [-0.15, -0.1) is 0 Å². The van der Waals surface area contributed by atoms with Gasteiger partial charge in [0.05, 0.1) is 5.70 Å². The number of hydrogen-bond acceptors (Lipinski definition) is 1. The molecule has 0 fully saturated rings. The molecule has 2 rings (SSSR count). The Labute approximate surface area is 121 Å². The Bertz CT molecular complexity index is 616. The molecule has 2 aromatic carbocycles. The molecule has 0 radical (unpaired) electrons. The second-order valence-electron chi connectivity index (χ2n) is 5.09. The van der Waals surface area contributed by atoms with Crippen molar-refractivity contribution in [3.05, 3.63) is 77.4 Å². The van der Waals surface area contributed by atoms with E-state index in [-0.39, 0.29) is 0 Å². The summed E-state index contributed by atoms with van der Waals surface area (Å²) in [6.07, 6.45) is 0.897. The van der Waals surface area contributed by atoms with E-state index in [1.54, 1.807) is 0 Å². The van der Waals surface area contributed by atoms with Crippen LogP contribution in [0.5, 0.6) is 0 Å². The molecule has 102 valence electrons. The van der Waals surface area contributed by atoms with E-state index in [0.717, 1.165) is 23.4 Å². The molecule has 0 aliphatic carbocycles. The second-order valence-corrected chi connectivity index (χ2v) is 5.09. The largest absolute Gasteiger partial charge is 0.253 e. The Morgan fingerprint density at radius 1 is 0.850 bits per heavy atom. The summed E-state index contributed by atoms with van der Waals surface area (Å²) < 4.78 is 0. The fraction of sp³-hybridized carbons (Fsp3) is 0.211. The third-order valence-corrected chi connectivity index (χ3v) is 3.37. The first-order valence-electron chi connectivity index (χ1n) is 7.00. The van der Waals surface area contributed by atoms with E-state index in [1.165, 1.54) is 16.7 Å². The quantitative estimate of drug-likeness (QED) is 0.674. The molecule has 0 bridgehead atoms. The zero-order valence-electron chi connectivity index (χ0n) is 12.5. The highest BCUT2D eigenvalue weighted by molar-refractivity contribution is 6.03. The fourth-order valence-corrected chi connectivity index (χ4v) is 2.07. The molecule has 0 aliphatic rings. The minimum atomic E-state index is 0.822. The van der Waals surface area contributed by atoms with Gasteiger partial charge in [0.2, 0.25) is 0 Å². The minimum absolute atomic E-state index is 0.822. The summed E-state index contributed by atoms with van der Waals surface area (Å²) >= 11 is 0. The predicted molar refractivity (Wildman–Crippen MR) is 88.2 cm³/mol. The average molecular weight is 263 g/mol. The lowest BCUT2D eigenvalue weighted by Gasteiger charge is -2.07. The Balaban J connectivity index is 2.28. The molecule has 0 unspecified atom stereocenters. The normalized spacial score (nSPS) is 11.4. The lowest BCUT2D eigenvalue weighted by molar-refractivity contribution is 1.26. The molecule has 0 aromatic heterocycles. The molecule has 0 saturated carbocycles. The zero-order chi connectivity index (χ0) is 14.5. The monoisotopic (exact) mass is 263 g/mol. The maximum absolute atomic E-state index is 4.72. The van der Waals surface area contributed by atoms with Crippen LogP contribution in [0.1, 0.15) is 35.6 Å². The highest BCUT2D eigenvalue weighted by Gasteiger charge is 2.03. The highest BCUT2D eigenvalue weighted by atomic mass is 14.8. The Hall–Kier alpha value is -2.15. The van der Waals surface area contributed by atoms with Gasteiger partial charge in [-0.05, 0) is 31.4 Å². The van der Waals surface area contributed by atoms with Gasteiger partial charge >= 0.3 is 0 Å². The van der Waals surface area contributed by atoms with E-state index in [0.29, 0.717) is 0 Å². The van der Waals surface area contributed by atoms with Crippen molar-refractivity contribution in [2.75, 3.05) is 0 Å². The second kappa shape index (κ2) is 6.33. The molecule has 0 amide bonds. The molecule has 0 atom stereocenters. The van der Waals surface area contributed by atoms with Gasteiger partial charge in [-0.3, -0.25) is 4.99 Å². The third-order valence-electron chi connectivity index (χ3n) is 3.37. The summed E-state index contributed by atoms with van der Waals surface area (Å²) in [5.41, 5.74) is 6.67. The topological polar surface area (TPSA) is 12.4 Å². The van der Waals surface area contributed by atoms with E-state index in [1.807, 2.05) is 0 Å². The standard InChI is InChI=1S/C19H21N/c1-5-19(18-12-8-15(3)9-13-18)20-16(4)17-10-6-14(2)7-11-17/h6-13H,4-5H2,1-3H3. The van der Waals surface area contributed by atoms with Crippen LogP contribution in [-0.2, 0) is 0 Å². The molecule has 2 aromatic rings. The van der Waals surface area contributed by atoms with Crippen molar-refractivity contribution in [1.29, 1.82) is 0 Å². The Morgan fingerprint density at radius 2 is 1.30 bits per heavy atom. The molecule has 0 saturated heterocycles. The lowest BCUT2D eigenvalue weighted by Crippen LogP contribution is -1.99. The molecule has 0 N–H and O–H groups in total. The molecule has 0 heterocycles. The van der Waals surface area contributed by atoms with E-state index < -0.39 is 0 Å². The third kappa shape index (κ3) is 3.45. The summed E-state index contributed by atoms with van der Waals surface area (Å²) in [7, 11) is 0. The van der Waals surface area contributed by atoms with Crippen LogP contribution < -0.4 is 0 Å². The summed E-state index contributed by atoms with van der Waals surface area (Å²) in [5.74, 6) is 0. The van der Waals surface area contributed by atoms with Gasteiger partial charge < -0.3 is 0 Å². The highest BCUT2D eigenvalue weighted by Crippen LogP contribution is 2.17. The van der Waals surface area contributed by atoms with Crippen LogP contribution in [0.4, 0.5) is 0 Å². The molecule has 20 heavy (non-hydrogen) atoms. The van der Waals surface area contributed by atoms with Crippen LogP contribution in [0, 0.1) is 13.8 Å². The zero-order valence-corrected chi connectivity index (χ0v) is 12.5. The van der Waals surface area contributed by atoms with Gasteiger partial charge in [-0.1, -0.05) is 73.2 Å². The number of aliphatic imine (C=N–C) groups is 1. The number of hydrogen-bond donors (Lipinski definition) is 0. The van der Waals surface area contributed by atoms with Gasteiger partial charge in [0.15, 0.2) is 0 Å². The van der Waals surface area contributed by atoms with Crippen LogP contribution in [0.15, 0.2) is 60.1 Å². The van der Waals surface area contributed by atoms with Crippen molar-refractivity contribution in [2.45, 2.75) is 27.2 Å². The smallest absolute Gasteiger partial charge is 0.0633 e. The maximum atomic E-state index is 4.72. The predicted octanol–water partition coefficient (Wildman–Crippen LogP) is 5.17. The lowest BCUT2D eigenvalue weighted by atomic mass is 10.1. The molecular formula is C19H21N. The van der Waals surface area contributed by atoms with Crippen molar-refractivity contribution in [2.24, 2.45) is 4.99 Å². The van der Waals surface area contributed by atoms with Gasteiger partial charge in [-0.2, -0.15) is 0 Å². The average Bonchev–Trinajstić information content (AvgIpc) is 2.46. The van der Waals surface area contributed by atoms with E-state index >= 15 is 0 Å². The molecule has 0 aliphatic heterocycles. The molecule has 1 nitrogen and oxygen atoms in total. The van der Waals surface area contributed by atoms with Crippen molar-refractivity contribution < 1.29 is 0 Å². The Morgan fingerprint density at radius 3 is 1.75 bits per heavy atom. The van der Waals surface area contributed by atoms with Crippen LogP contribution in [0.25, 0.3) is 5.70 Å². The van der Waals surface area contributed by atoms with E-state index in [2.05, 4.69) is 75.9 Å². The van der Waals surface area contributed by atoms with Crippen molar-refractivity contribution in [1.82, 2.24) is 0 Å². The maximum Gasteiger partial charge on any atom is 0.0633 e. The molecule has 0 spiro atoms. The number of rotatable bonds is 4. The van der Waals surface area contributed by atoms with Crippen LogP contribution in [0.2, 0.25) is 0 Å². The number of aryl methyl sites for hydroxylation is 2. The first kappa shape index (κ1) is 14.3. The summed E-state index contributed by atoms with van der Waals surface area (Å²) in [6.45, 7) is 10.4. The van der Waals surface area contributed by atoms with Gasteiger partial charge in [0.1, 0.15) is 0 Å².